The Morgan fingerprint density at radius 2 is 1.09 bits per heavy atom. The van der Waals surface area contributed by atoms with Crippen LogP contribution in [-0.4, -0.2) is 23.7 Å². The van der Waals surface area contributed by atoms with Gasteiger partial charge in [-0.05, 0) is 38.5 Å². The number of allylic oxidation sites excluding steroid dienone is 2. The van der Waals surface area contributed by atoms with Gasteiger partial charge in [-0.15, -0.1) is 0 Å². The fraction of sp³-hybridized carbons (Fsp3) is 0.867. The van der Waals surface area contributed by atoms with Crippen molar-refractivity contribution in [1.82, 2.24) is 0 Å². The minimum atomic E-state index is -0.887. The molecule has 0 bridgehead atoms. The van der Waals surface area contributed by atoms with Crippen molar-refractivity contribution >= 4 is 11.9 Å². The van der Waals surface area contributed by atoms with Crippen molar-refractivity contribution in [2.45, 2.75) is 155 Å². The van der Waals surface area contributed by atoms with Crippen LogP contribution in [0.2, 0.25) is 0 Å². The Morgan fingerprint density at radius 1 is 0.647 bits per heavy atom. The first-order valence-electron chi connectivity index (χ1n) is 14.6. The molecule has 1 atom stereocenters. The number of unbranched alkanes of at least 4 members (excludes halogenated alkanes) is 17. The SMILES string of the molecule is CCCCCCCCCCCCCCCC/C=C/CCCCCC(CC(=O)OCCC)C(=O)O. The van der Waals surface area contributed by atoms with Crippen LogP contribution in [-0.2, 0) is 14.3 Å². The summed E-state index contributed by atoms with van der Waals surface area (Å²) in [6.45, 7) is 4.58. The summed E-state index contributed by atoms with van der Waals surface area (Å²) in [4.78, 5) is 23.0. The lowest BCUT2D eigenvalue weighted by Crippen LogP contribution is -2.19. The Labute approximate surface area is 211 Å². The molecule has 4 heteroatoms. The van der Waals surface area contributed by atoms with E-state index >= 15 is 0 Å². The zero-order valence-corrected chi connectivity index (χ0v) is 22.7. The summed E-state index contributed by atoms with van der Waals surface area (Å²) in [7, 11) is 0. The van der Waals surface area contributed by atoms with Crippen LogP contribution in [0.25, 0.3) is 0 Å². The molecular weight excluding hydrogens is 424 g/mol. The van der Waals surface area contributed by atoms with Crippen molar-refractivity contribution in [2.24, 2.45) is 5.92 Å². The normalized spacial score (nSPS) is 12.3. The average Bonchev–Trinajstić information content (AvgIpc) is 2.82. The van der Waals surface area contributed by atoms with E-state index in [0.717, 1.165) is 32.1 Å². The summed E-state index contributed by atoms with van der Waals surface area (Å²) in [5, 5.41) is 9.29. The van der Waals surface area contributed by atoms with E-state index in [2.05, 4.69) is 19.1 Å². The topological polar surface area (TPSA) is 63.6 Å². The van der Waals surface area contributed by atoms with Gasteiger partial charge in [0.2, 0.25) is 0 Å². The van der Waals surface area contributed by atoms with Crippen LogP contribution in [0.5, 0.6) is 0 Å². The number of ether oxygens (including phenoxy) is 1. The molecule has 0 aromatic carbocycles. The fourth-order valence-electron chi connectivity index (χ4n) is 4.31. The van der Waals surface area contributed by atoms with Gasteiger partial charge in [-0.2, -0.15) is 0 Å². The summed E-state index contributed by atoms with van der Waals surface area (Å²) in [6.07, 6.45) is 30.7. The lowest BCUT2D eigenvalue weighted by atomic mass is 9.97. The van der Waals surface area contributed by atoms with Gasteiger partial charge in [0.1, 0.15) is 0 Å². The van der Waals surface area contributed by atoms with E-state index in [1.54, 1.807) is 0 Å². The van der Waals surface area contributed by atoms with Gasteiger partial charge in [0, 0.05) is 0 Å². The second-order valence-electron chi connectivity index (χ2n) is 9.95. The van der Waals surface area contributed by atoms with Crippen molar-refractivity contribution in [1.29, 1.82) is 0 Å². The molecule has 1 N–H and O–H groups in total. The number of carbonyl (C=O) groups excluding carboxylic acids is 1. The molecule has 0 radical (unpaired) electrons. The number of hydrogen-bond acceptors (Lipinski definition) is 3. The fourth-order valence-corrected chi connectivity index (χ4v) is 4.31. The number of carboxylic acids is 1. The molecule has 0 heterocycles. The van der Waals surface area contributed by atoms with Crippen molar-refractivity contribution in [3.8, 4) is 0 Å². The molecule has 0 saturated heterocycles. The summed E-state index contributed by atoms with van der Waals surface area (Å²) in [6, 6.07) is 0. The Morgan fingerprint density at radius 3 is 1.53 bits per heavy atom. The number of aliphatic carboxylic acids is 1. The molecule has 1 unspecified atom stereocenters. The van der Waals surface area contributed by atoms with Gasteiger partial charge in [-0.25, -0.2) is 0 Å². The highest BCUT2D eigenvalue weighted by Crippen LogP contribution is 2.17. The predicted molar refractivity (Wildman–Crippen MR) is 144 cm³/mol. The minimum Gasteiger partial charge on any atom is -0.481 e. The van der Waals surface area contributed by atoms with E-state index in [-0.39, 0.29) is 12.4 Å². The molecule has 0 aromatic rings. The van der Waals surface area contributed by atoms with Crippen LogP contribution < -0.4 is 0 Å². The highest BCUT2D eigenvalue weighted by atomic mass is 16.5. The van der Waals surface area contributed by atoms with Gasteiger partial charge < -0.3 is 9.84 Å². The van der Waals surface area contributed by atoms with Crippen LogP contribution in [0.15, 0.2) is 12.2 Å². The van der Waals surface area contributed by atoms with Crippen LogP contribution in [0, 0.1) is 5.92 Å². The summed E-state index contributed by atoms with van der Waals surface area (Å²) in [5.74, 6) is -1.89. The maximum Gasteiger partial charge on any atom is 0.307 e. The van der Waals surface area contributed by atoms with E-state index in [4.69, 9.17) is 4.74 Å². The van der Waals surface area contributed by atoms with Crippen LogP contribution in [0.1, 0.15) is 155 Å². The molecule has 0 amide bonds. The molecule has 0 aliphatic carbocycles. The quantitative estimate of drug-likeness (QED) is 0.0760. The standard InChI is InChI=1S/C30H56O4/c1-3-5-6-7-8-9-10-11-12-13-14-15-16-17-18-19-20-21-22-23-24-25-28(30(32)33)27-29(31)34-26-4-2/h19-20,28H,3-18,21-27H2,1-2H3,(H,32,33)/b20-19+. The Balaban J connectivity index is 3.42. The molecule has 0 aromatic heterocycles. The maximum atomic E-state index is 11.6. The smallest absolute Gasteiger partial charge is 0.307 e. The first-order valence-corrected chi connectivity index (χ1v) is 14.6. The van der Waals surface area contributed by atoms with Crippen LogP contribution in [0.4, 0.5) is 0 Å². The zero-order chi connectivity index (χ0) is 25.1. The average molecular weight is 481 g/mol. The summed E-state index contributed by atoms with van der Waals surface area (Å²) >= 11 is 0. The Kier molecular flexibility index (Phi) is 25.3. The van der Waals surface area contributed by atoms with Crippen molar-refractivity contribution in [3.05, 3.63) is 12.2 Å². The number of hydrogen-bond donors (Lipinski definition) is 1. The van der Waals surface area contributed by atoms with Gasteiger partial charge in [0.25, 0.3) is 0 Å². The third-order valence-electron chi connectivity index (χ3n) is 6.54. The highest BCUT2D eigenvalue weighted by molar-refractivity contribution is 5.78. The third kappa shape index (κ3) is 23.8. The van der Waals surface area contributed by atoms with Gasteiger partial charge in [-0.1, -0.05) is 122 Å². The number of carboxylic acid groups (broad SMARTS) is 1. The number of rotatable bonds is 26. The Bertz CT molecular complexity index is 486. The zero-order valence-electron chi connectivity index (χ0n) is 22.7. The first-order chi connectivity index (χ1) is 16.6. The molecular formula is C30H56O4. The van der Waals surface area contributed by atoms with Crippen molar-refractivity contribution < 1.29 is 19.4 Å². The maximum absolute atomic E-state index is 11.6. The van der Waals surface area contributed by atoms with Crippen molar-refractivity contribution in [2.75, 3.05) is 6.61 Å². The monoisotopic (exact) mass is 480 g/mol. The van der Waals surface area contributed by atoms with Crippen LogP contribution >= 0.6 is 0 Å². The minimum absolute atomic E-state index is 0.00553. The van der Waals surface area contributed by atoms with E-state index in [9.17, 15) is 14.7 Å². The Hall–Kier alpha value is -1.32. The largest absolute Gasteiger partial charge is 0.481 e. The lowest BCUT2D eigenvalue weighted by Gasteiger charge is -2.11. The third-order valence-corrected chi connectivity index (χ3v) is 6.54. The summed E-state index contributed by atoms with van der Waals surface area (Å²) in [5.41, 5.74) is 0. The molecule has 0 aliphatic heterocycles. The van der Waals surface area contributed by atoms with E-state index < -0.39 is 11.9 Å². The molecule has 0 spiro atoms. The number of esters is 1. The van der Waals surface area contributed by atoms with Gasteiger partial charge in [-0.3, -0.25) is 9.59 Å². The molecule has 34 heavy (non-hydrogen) atoms. The molecule has 4 nitrogen and oxygen atoms in total. The van der Waals surface area contributed by atoms with Gasteiger partial charge >= 0.3 is 11.9 Å². The lowest BCUT2D eigenvalue weighted by molar-refractivity contribution is -0.151. The molecule has 200 valence electrons. The van der Waals surface area contributed by atoms with E-state index in [0.29, 0.717) is 13.0 Å². The van der Waals surface area contributed by atoms with Crippen molar-refractivity contribution in [3.63, 3.8) is 0 Å². The van der Waals surface area contributed by atoms with Gasteiger partial charge in [0.05, 0.1) is 18.9 Å². The second kappa shape index (κ2) is 26.3. The highest BCUT2D eigenvalue weighted by Gasteiger charge is 2.21. The van der Waals surface area contributed by atoms with Gasteiger partial charge in [0.15, 0.2) is 0 Å². The van der Waals surface area contributed by atoms with E-state index in [1.807, 2.05) is 6.92 Å². The summed E-state index contributed by atoms with van der Waals surface area (Å²) < 4.78 is 5.01. The molecule has 0 fully saturated rings. The van der Waals surface area contributed by atoms with Crippen LogP contribution in [0.3, 0.4) is 0 Å². The second-order valence-corrected chi connectivity index (χ2v) is 9.95. The molecule has 0 aliphatic rings. The molecule has 0 rings (SSSR count). The predicted octanol–water partition coefficient (Wildman–Crippen LogP) is 9.41. The van der Waals surface area contributed by atoms with E-state index in [1.165, 1.54) is 96.3 Å². The molecule has 0 saturated carbocycles. The first kappa shape index (κ1) is 32.7. The number of carbonyl (C=O) groups is 2.